The highest BCUT2D eigenvalue weighted by Crippen LogP contribution is 2.15. The van der Waals surface area contributed by atoms with E-state index in [1.165, 1.54) is 135 Å². The number of unbranched alkanes of at least 4 members (excludes halogenated alkanes) is 19. The molecule has 0 saturated heterocycles. The summed E-state index contributed by atoms with van der Waals surface area (Å²) in [5, 5.41) is 0. The van der Waals surface area contributed by atoms with Gasteiger partial charge in [-0.05, 0) is 24.7 Å². The molecule has 0 aromatic heterocycles. The highest BCUT2D eigenvalue weighted by Gasteiger charge is 2.03. The zero-order chi connectivity index (χ0) is 25.1. The Morgan fingerprint density at radius 2 is 0.735 bits per heavy atom. The van der Waals surface area contributed by atoms with E-state index in [0.29, 0.717) is 13.0 Å². The molecular weight excluding hydrogens is 416 g/mol. The number of carbonyl (C=O) groups excluding carboxylic acids is 1. The normalized spacial score (nSPS) is 11.6. The van der Waals surface area contributed by atoms with Gasteiger partial charge < -0.3 is 4.74 Å². The molecule has 34 heavy (non-hydrogen) atoms. The van der Waals surface area contributed by atoms with Crippen molar-refractivity contribution in [2.45, 2.75) is 182 Å². The second-order valence-corrected chi connectivity index (χ2v) is 11.8. The van der Waals surface area contributed by atoms with Gasteiger partial charge in [-0.3, -0.25) is 4.79 Å². The van der Waals surface area contributed by atoms with Crippen molar-refractivity contribution in [3.8, 4) is 0 Å². The van der Waals surface area contributed by atoms with Gasteiger partial charge >= 0.3 is 5.97 Å². The summed E-state index contributed by atoms with van der Waals surface area (Å²) in [6.07, 6.45) is 31.4. The summed E-state index contributed by atoms with van der Waals surface area (Å²) in [4.78, 5) is 11.8. The van der Waals surface area contributed by atoms with E-state index in [2.05, 4.69) is 27.7 Å². The van der Waals surface area contributed by atoms with Gasteiger partial charge in [0.1, 0.15) is 0 Å². The lowest BCUT2D eigenvalue weighted by Crippen LogP contribution is -2.05. The van der Waals surface area contributed by atoms with Crippen molar-refractivity contribution < 1.29 is 9.53 Å². The van der Waals surface area contributed by atoms with Gasteiger partial charge in [-0.1, -0.05) is 163 Å². The molecule has 0 aliphatic carbocycles. The maximum atomic E-state index is 11.8. The van der Waals surface area contributed by atoms with Crippen molar-refractivity contribution in [3.63, 3.8) is 0 Å². The highest BCUT2D eigenvalue weighted by molar-refractivity contribution is 5.69. The number of carbonyl (C=O) groups is 1. The second-order valence-electron chi connectivity index (χ2n) is 11.8. The zero-order valence-electron chi connectivity index (χ0n) is 24.1. The van der Waals surface area contributed by atoms with Crippen LogP contribution in [0.25, 0.3) is 0 Å². The van der Waals surface area contributed by atoms with E-state index in [-0.39, 0.29) is 5.97 Å². The number of hydrogen-bond donors (Lipinski definition) is 0. The molecule has 0 aromatic carbocycles. The molecule has 2 nitrogen and oxygen atoms in total. The molecule has 0 aliphatic heterocycles. The molecule has 2 heteroatoms. The lowest BCUT2D eigenvalue weighted by atomic mass is 10.0. The Kier molecular flexibility index (Phi) is 26.6. The Labute approximate surface area is 215 Å². The maximum absolute atomic E-state index is 11.8. The van der Waals surface area contributed by atoms with E-state index < -0.39 is 0 Å². The topological polar surface area (TPSA) is 26.3 Å². The Balaban J connectivity index is 3.16. The van der Waals surface area contributed by atoms with Gasteiger partial charge in [-0.25, -0.2) is 0 Å². The molecule has 0 spiro atoms. The summed E-state index contributed by atoms with van der Waals surface area (Å²) in [5.74, 6) is 1.75. The van der Waals surface area contributed by atoms with Crippen LogP contribution in [0.5, 0.6) is 0 Å². The first-order valence-corrected chi connectivity index (χ1v) is 15.7. The van der Waals surface area contributed by atoms with Gasteiger partial charge in [-0.15, -0.1) is 0 Å². The predicted molar refractivity (Wildman–Crippen MR) is 151 cm³/mol. The third-order valence-corrected chi connectivity index (χ3v) is 7.10. The number of ether oxygens (including phenoxy) is 1. The fraction of sp³-hybridized carbons (Fsp3) is 0.969. The fourth-order valence-corrected chi connectivity index (χ4v) is 4.74. The van der Waals surface area contributed by atoms with Gasteiger partial charge in [0.05, 0.1) is 6.61 Å². The average Bonchev–Trinajstić information content (AvgIpc) is 2.79. The summed E-state index contributed by atoms with van der Waals surface area (Å²) >= 11 is 0. The average molecular weight is 481 g/mol. The molecule has 0 saturated carbocycles. The molecule has 0 fully saturated rings. The van der Waals surface area contributed by atoms with Gasteiger partial charge in [-0.2, -0.15) is 0 Å². The smallest absolute Gasteiger partial charge is 0.305 e. The summed E-state index contributed by atoms with van der Waals surface area (Å²) in [6, 6.07) is 0. The van der Waals surface area contributed by atoms with Crippen LogP contribution >= 0.6 is 0 Å². The Morgan fingerprint density at radius 1 is 0.441 bits per heavy atom. The van der Waals surface area contributed by atoms with Crippen LogP contribution < -0.4 is 0 Å². The van der Waals surface area contributed by atoms with Crippen molar-refractivity contribution in [1.29, 1.82) is 0 Å². The molecule has 0 aromatic rings. The summed E-state index contributed by atoms with van der Waals surface area (Å²) in [7, 11) is 0. The Hall–Kier alpha value is -0.530. The van der Waals surface area contributed by atoms with Crippen LogP contribution in [0.2, 0.25) is 0 Å². The molecule has 0 bridgehead atoms. The van der Waals surface area contributed by atoms with E-state index in [4.69, 9.17) is 4.74 Å². The van der Waals surface area contributed by atoms with E-state index in [1.807, 2.05) is 0 Å². The molecule has 0 rings (SSSR count). The third kappa shape index (κ3) is 29.5. The quantitative estimate of drug-likeness (QED) is 0.0862. The van der Waals surface area contributed by atoms with Crippen molar-refractivity contribution in [3.05, 3.63) is 0 Å². The first-order valence-electron chi connectivity index (χ1n) is 15.7. The van der Waals surface area contributed by atoms with Crippen molar-refractivity contribution in [2.75, 3.05) is 6.61 Å². The molecule has 0 aliphatic rings. The predicted octanol–water partition coefficient (Wildman–Crippen LogP) is 11.2. The van der Waals surface area contributed by atoms with Crippen molar-refractivity contribution in [2.24, 2.45) is 11.8 Å². The van der Waals surface area contributed by atoms with Crippen LogP contribution in [-0.2, 0) is 9.53 Å². The minimum Gasteiger partial charge on any atom is -0.466 e. The minimum atomic E-state index is 0.0219. The molecule has 0 atom stereocenters. The lowest BCUT2D eigenvalue weighted by Gasteiger charge is -2.06. The summed E-state index contributed by atoms with van der Waals surface area (Å²) in [6.45, 7) is 9.91. The number of hydrogen-bond acceptors (Lipinski definition) is 2. The van der Waals surface area contributed by atoms with Gasteiger partial charge in [0.25, 0.3) is 0 Å². The summed E-state index contributed by atoms with van der Waals surface area (Å²) in [5.41, 5.74) is 0. The van der Waals surface area contributed by atoms with Crippen LogP contribution in [0.15, 0.2) is 0 Å². The first kappa shape index (κ1) is 33.5. The van der Waals surface area contributed by atoms with Gasteiger partial charge in [0.2, 0.25) is 0 Å². The monoisotopic (exact) mass is 480 g/mol. The number of esters is 1. The van der Waals surface area contributed by atoms with Crippen LogP contribution in [0.4, 0.5) is 0 Å². The van der Waals surface area contributed by atoms with E-state index >= 15 is 0 Å². The SMILES string of the molecule is CC(C)CCCCCCCCCCCCCCCOC(=O)CCCCCCCCCCC(C)C. The second kappa shape index (κ2) is 27.1. The first-order chi connectivity index (χ1) is 16.5. The molecule has 204 valence electrons. The van der Waals surface area contributed by atoms with Crippen LogP contribution in [-0.4, -0.2) is 12.6 Å². The molecule has 0 radical (unpaired) electrons. The molecule has 0 unspecified atom stereocenters. The Morgan fingerprint density at radius 3 is 1.09 bits per heavy atom. The van der Waals surface area contributed by atoms with Crippen LogP contribution in [0.3, 0.4) is 0 Å². The molecule has 0 heterocycles. The standard InChI is InChI=1S/C32H64O2/c1-30(2)26-22-18-14-10-8-6-5-7-9-13-17-21-25-29-34-32(33)28-24-20-16-12-11-15-19-23-27-31(3)4/h30-31H,5-29H2,1-4H3. The minimum absolute atomic E-state index is 0.0219. The largest absolute Gasteiger partial charge is 0.466 e. The van der Waals surface area contributed by atoms with Gasteiger partial charge in [0.15, 0.2) is 0 Å². The lowest BCUT2D eigenvalue weighted by molar-refractivity contribution is -0.143. The molecule has 0 amide bonds. The molecular formula is C32H64O2. The Bertz CT molecular complexity index is 402. The van der Waals surface area contributed by atoms with E-state index in [1.54, 1.807) is 0 Å². The van der Waals surface area contributed by atoms with Gasteiger partial charge in [0, 0.05) is 6.42 Å². The van der Waals surface area contributed by atoms with Crippen LogP contribution in [0, 0.1) is 11.8 Å². The van der Waals surface area contributed by atoms with Crippen molar-refractivity contribution >= 4 is 5.97 Å². The third-order valence-electron chi connectivity index (χ3n) is 7.10. The molecule has 0 N–H and O–H groups in total. The highest BCUT2D eigenvalue weighted by atomic mass is 16.5. The maximum Gasteiger partial charge on any atom is 0.305 e. The van der Waals surface area contributed by atoms with E-state index in [0.717, 1.165) is 24.7 Å². The number of rotatable bonds is 27. The van der Waals surface area contributed by atoms with Crippen molar-refractivity contribution in [1.82, 2.24) is 0 Å². The van der Waals surface area contributed by atoms with E-state index in [9.17, 15) is 4.79 Å². The summed E-state index contributed by atoms with van der Waals surface area (Å²) < 4.78 is 5.41. The zero-order valence-corrected chi connectivity index (χ0v) is 24.1. The fourth-order valence-electron chi connectivity index (χ4n) is 4.74. The van der Waals surface area contributed by atoms with Crippen LogP contribution in [0.1, 0.15) is 182 Å².